The molecule has 5 heteroatoms. The summed E-state index contributed by atoms with van der Waals surface area (Å²) in [6, 6.07) is 19.9. The maximum atomic E-state index is 12.4. The van der Waals surface area contributed by atoms with E-state index < -0.39 is 0 Å². The molecule has 1 N–H and O–H groups in total. The van der Waals surface area contributed by atoms with E-state index in [4.69, 9.17) is 9.47 Å². The highest BCUT2D eigenvalue weighted by Crippen LogP contribution is 2.15. The van der Waals surface area contributed by atoms with E-state index in [2.05, 4.69) is 22.3 Å². The first kappa shape index (κ1) is 18.6. The Labute approximate surface area is 154 Å². The van der Waals surface area contributed by atoms with Crippen molar-refractivity contribution >= 4 is 5.91 Å². The summed E-state index contributed by atoms with van der Waals surface area (Å²) in [6.45, 7) is 4.55. The first-order valence-electron chi connectivity index (χ1n) is 9.07. The van der Waals surface area contributed by atoms with Gasteiger partial charge >= 0.3 is 0 Å². The number of morpholine rings is 1. The van der Waals surface area contributed by atoms with E-state index in [0.717, 1.165) is 44.0 Å². The van der Waals surface area contributed by atoms with E-state index >= 15 is 0 Å². The molecular weight excluding hydrogens is 328 g/mol. The predicted octanol–water partition coefficient (Wildman–Crippen LogP) is 2.39. The average Bonchev–Trinajstić information content (AvgIpc) is 2.70. The van der Waals surface area contributed by atoms with Crippen LogP contribution in [0.25, 0.3) is 0 Å². The Morgan fingerprint density at radius 2 is 1.69 bits per heavy atom. The van der Waals surface area contributed by atoms with Crippen LogP contribution in [0.5, 0.6) is 0 Å². The quantitative estimate of drug-likeness (QED) is 0.791. The zero-order chi connectivity index (χ0) is 18.0. The summed E-state index contributed by atoms with van der Waals surface area (Å²) in [7, 11) is 0. The van der Waals surface area contributed by atoms with E-state index in [-0.39, 0.29) is 18.6 Å². The van der Waals surface area contributed by atoms with Crippen molar-refractivity contribution in [2.24, 2.45) is 0 Å². The third kappa shape index (κ3) is 5.95. The van der Waals surface area contributed by atoms with Crippen molar-refractivity contribution in [1.29, 1.82) is 0 Å². The first-order valence-corrected chi connectivity index (χ1v) is 9.07. The second-order valence-corrected chi connectivity index (χ2v) is 6.42. The summed E-state index contributed by atoms with van der Waals surface area (Å²) in [6.07, 6.45) is 0. The van der Waals surface area contributed by atoms with E-state index in [1.165, 1.54) is 0 Å². The van der Waals surface area contributed by atoms with Crippen LogP contribution in [0.2, 0.25) is 0 Å². The van der Waals surface area contributed by atoms with Crippen LogP contribution in [0.4, 0.5) is 0 Å². The average molecular weight is 354 g/mol. The Morgan fingerprint density at radius 3 is 2.38 bits per heavy atom. The van der Waals surface area contributed by atoms with Crippen LogP contribution in [-0.2, 0) is 20.9 Å². The van der Waals surface area contributed by atoms with Gasteiger partial charge < -0.3 is 14.8 Å². The molecule has 0 aromatic heterocycles. The second-order valence-electron chi connectivity index (χ2n) is 6.42. The highest BCUT2D eigenvalue weighted by molar-refractivity contribution is 5.77. The minimum Gasteiger partial charge on any atom is -0.379 e. The lowest BCUT2D eigenvalue weighted by atomic mass is 10.1. The van der Waals surface area contributed by atoms with Gasteiger partial charge in [0, 0.05) is 19.6 Å². The molecule has 0 bridgehead atoms. The van der Waals surface area contributed by atoms with Crippen LogP contribution in [0, 0.1) is 0 Å². The molecule has 5 nitrogen and oxygen atoms in total. The van der Waals surface area contributed by atoms with Crippen LogP contribution < -0.4 is 5.32 Å². The fourth-order valence-corrected chi connectivity index (χ4v) is 3.03. The molecule has 1 atom stereocenters. The van der Waals surface area contributed by atoms with Gasteiger partial charge in [0.05, 0.1) is 25.9 Å². The van der Waals surface area contributed by atoms with Crippen molar-refractivity contribution in [3.05, 3.63) is 71.8 Å². The van der Waals surface area contributed by atoms with E-state index in [1.54, 1.807) is 0 Å². The zero-order valence-corrected chi connectivity index (χ0v) is 15.0. The maximum Gasteiger partial charge on any atom is 0.246 e. The van der Waals surface area contributed by atoms with E-state index in [9.17, 15) is 4.79 Å². The molecule has 138 valence electrons. The molecule has 1 aliphatic heterocycles. The maximum absolute atomic E-state index is 12.4. The van der Waals surface area contributed by atoms with Gasteiger partial charge in [-0.3, -0.25) is 9.69 Å². The number of carbonyl (C=O) groups excluding carboxylic acids is 1. The molecule has 2 aromatic carbocycles. The van der Waals surface area contributed by atoms with Crippen molar-refractivity contribution in [3.8, 4) is 0 Å². The van der Waals surface area contributed by atoms with Crippen LogP contribution in [0.3, 0.4) is 0 Å². The molecule has 1 heterocycles. The van der Waals surface area contributed by atoms with Gasteiger partial charge in [0.1, 0.15) is 6.61 Å². The highest BCUT2D eigenvalue weighted by atomic mass is 16.5. The van der Waals surface area contributed by atoms with Gasteiger partial charge in [-0.05, 0) is 11.1 Å². The van der Waals surface area contributed by atoms with Gasteiger partial charge in [-0.1, -0.05) is 60.7 Å². The third-order valence-electron chi connectivity index (χ3n) is 4.43. The highest BCUT2D eigenvalue weighted by Gasteiger charge is 2.20. The number of hydrogen-bond donors (Lipinski definition) is 1. The number of amides is 1. The van der Waals surface area contributed by atoms with Crippen molar-refractivity contribution in [2.45, 2.75) is 12.6 Å². The van der Waals surface area contributed by atoms with Gasteiger partial charge in [-0.25, -0.2) is 0 Å². The largest absolute Gasteiger partial charge is 0.379 e. The second kappa shape index (κ2) is 10.1. The Balaban J connectivity index is 1.53. The summed E-state index contributed by atoms with van der Waals surface area (Å²) in [5, 5.41) is 3.12. The van der Waals surface area contributed by atoms with E-state index in [0.29, 0.717) is 6.61 Å². The fourth-order valence-electron chi connectivity index (χ4n) is 3.03. The smallest absolute Gasteiger partial charge is 0.246 e. The number of rotatable bonds is 8. The molecular formula is C21H26N2O3. The molecule has 1 aliphatic rings. The molecule has 1 amide bonds. The molecule has 1 fully saturated rings. The van der Waals surface area contributed by atoms with Gasteiger partial charge in [0.25, 0.3) is 0 Å². The predicted molar refractivity (Wildman–Crippen MR) is 101 cm³/mol. The summed E-state index contributed by atoms with van der Waals surface area (Å²) in [5.74, 6) is -0.0944. The number of nitrogens with one attached hydrogen (secondary N) is 1. The normalized spacial score (nSPS) is 16.2. The number of benzene rings is 2. The molecule has 3 rings (SSSR count). The summed E-state index contributed by atoms with van der Waals surface area (Å²) >= 11 is 0. The molecule has 0 aliphatic carbocycles. The Kier molecular flexibility index (Phi) is 7.19. The lowest BCUT2D eigenvalue weighted by Crippen LogP contribution is -2.43. The molecule has 2 aromatic rings. The van der Waals surface area contributed by atoms with Crippen molar-refractivity contribution < 1.29 is 14.3 Å². The molecule has 1 unspecified atom stereocenters. The summed E-state index contributed by atoms with van der Waals surface area (Å²) in [5.41, 5.74) is 2.17. The minimum absolute atomic E-state index is 0.0536. The number of hydrogen-bond acceptors (Lipinski definition) is 4. The van der Waals surface area contributed by atoms with Gasteiger partial charge in [-0.2, -0.15) is 0 Å². The SMILES string of the molecule is O=C(COCc1ccccc1)NC(CN1CCOCC1)c1ccccc1. The minimum atomic E-state index is -0.0944. The molecule has 0 spiro atoms. The van der Waals surface area contributed by atoms with Crippen LogP contribution in [-0.4, -0.2) is 50.3 Å². The van der Waals surface area contributed by atoms with Crippen LogP contribution >= 0.6 is 0 Å². The van der Waals surface area contributed by atoms with Crippen LogP contribution in [0.1, 0.15) is 17.2 Å². The topological polar surface area (TPSA) is 50.8 Å². The summed E-state index contributed by atoms with van der Waals surface area (Å²) in [4.78, 5) is 14.7. The first-order chi connectivity index (χ1) is 12.8. The van der Waals surface area contributed by atoms with E-state index in [1.807, 2.05) is 48.5 Å². The van der Waals surface area contributed by atoms with Crippen molar-refractivity contribution in [1.82, 2.24) is 10.2 Å². The third-order valence-corrected chi connectivity index (χ3v) is 4.43. The number of carbonyl (C=O) groups is 1. The number of nitrogens with zero attached hydrogens (tertiary/aromatic N) is 1. The Morgan fingerprint density at radius 1 is 1.04 bits per heavy atom. The fraction of sp³-hybridized carbons (Fsp3) is 0.381. The van der Waals surface area contributed by atoms with Crippen molar-refractivity contribution in [3.63, 3.8) is 0 Å². The van der Waals surface area contributed by atoms with Crippen molar-refractivity contribution in [2.75, 3.05) is 39.5 Å². The molecule has 26 heavy (non-hydrogen) atoms. The van der Waals surface area contributed by atoms with Gasteiger partial charge in [-0.15, -0.1) is 0 Å². The van der Waals surface area contributed by atoms with Gasteiger partial charge in [0.2, 0.25) is 5.91 Å². The molecule has 0 radical (unpaired) electrons. The monoisotopic (exact) mass is 354 g/mol. The Hall–Kier alpha value is -2.21. The van der Waals surface area contributed by atoms with Gasteiger partial charge in [0.15, 0.2) is 0 Å². The molecule has 0 saturated carbocycles. The number of ether oxygens (including phenoxy) is 2. The lowest BCUT2D eigenvalue weighted by molar-refractivity contribution is -0.127. The lowest BCUT2D eigenvalue weighted by Gasteiger charge is -2.31. The van der Waals surface area contributed by atoms with Crippen LogP contribution in [0.15, 0.2) is 60.7 Å². The standard InChI is InChI=1S/C21H26N2O3/c24-21(17-26-16-18-7-3-1-4-8-18)22-20(19-9-5-2-6-10-19)15-23-11-13-25-14-12-23/h1-10,20H,11-17H2,(H,22,24). The summed E-state index contributed by atoms with van der Waals surface area (Å²) < 4.78 is 11.0. The zero-order valence-electron chi connectivity index (χ0n) is 15.0. The molecule has 1 saturated heterocycles. The Bertz CT molecular complexity index is 657.